The fourth-order valence-corrected chi connectivity index (χ4v) is 1.92. The lowest BCUT2D eigenvalue weighted by molar-refractivity contribution is 0.249. The lowest BCUT2D eigenvalue weighted by atomic mass is 10.2. The predicted molar refractivity (Wildman–Crippen MR) is 64.2 cm³/mol. The van der Waals surface area contributed by atoms with Crippen molar-refractivity contribution in [2.45, 2.75) is 19.0 Å². The molecule has 1 aromatic rings. The first-order valence-corrected chi connectivity index (χ1v) is 5.16. The van der Waals surface area contributed by atoms with Gasteiger partial charge in [-0.1, -0.05) is 0 Å². The van der Waals surface area contributed by atoms with Crippen LogP contribution < -0.4 is 5.32 Å². The molecule has 0 radical (unpaired) electrons. The van der Waals surface area contributed by atoms with E-state index in [0.717, 1.165) is 19.6 Å². The molecule has 4 heteroatoms. The summed E-state index contributed by atoms with van der Waals surface area (Å²) in [5.41, 5.74) is 1.34. The molecule has 0 spiro atoms. The third-order valence-electron chi connectivity index (χ3n) is 2.84. The van der Waals surface area contributed by atoms with E-state index in [-0.39, 0.29) is 12.4 Å². The quantitative estimate of drug-likeness (QED) is 0.844. The molecule has 2 heterocycles. The summed E-state index contributed by atoms with van der Waals surface area (Å²) in [4.78, 5) is 6.43. The van der Waals surface area contributed by atoms with E-state index in [0.29, 0.717) is 6.04 Å². The Balaban J connectivity index is 0.00000112. The van der Waals surface area contributed by atoms with Gasteiger partial charge in [0.15, 0.2) is 0 Å². The van der Waals surface area contributed by atoms with Crippen molar-refractivity contribution in [3.05, 3.63) is 30.1 Å². The number of hydrogen-bond acceptors (Lipinski definition) is 3. The summed E-state index contributed by atoms with van der Waals surface area (Å²) in [5, 5.41) is 3.38. The van der Waals surface area contributed by atoms with Gasteiger partial charge in [0.1, 0.15) is 0 Å². The predicted octanol–water partition coefficient (Wildman–Crippen LogP) is 1.30. The molecule has 1 aromatic heterocycles. The average molecular weight is 228 g/mol. The molecule has 1 saturated heterocycles. The van der Waals surface area contributed by atoms with Crippen molar-refractivity contribution >= 4 is 12.4 Å². The smallest absolute Gasteiger partial charge is 0.0271 e. The number of hydrogen-bond donors (Lipinski definition) is 1. The summed E-state index contributed by atoms with van der Waals surface area (Å²) in [6, 6.07) is 4.86. The maximum absolute atomic E-state index is 4.02. The Morgan fingerprint density at radius 2 is 2.20 bits per heavy atom. The van der Waals surface area contributed by atoms with E-state index in [1.165, 1.54) is 12.0 Å². The molecular formula is C11H18ClN3. The monoisotopic (exact) mass is 227 g/mol. The van der Waals surface area contributed by atoms with Crippen LogP contribution in [-0.2, 0) is 6.54 Å². The Kier molecular flexibility index (Phi) is 5.02. The summed E-state index contributed by atoms with van der Waals surface area (Å²) < 4.78 is 0. The van der Waals surface area contributed by atoms with Gasteiger partial charge >= 0.3 is 0 Å². The van der Waals surface area contributed by atoms with Crippen molar-refractivity contribution in [2.75, 3.05) is 20.1 Å². The van der Waals surface area contributed by atoms with Crippen molar-refractivity contribution in [1.29, 1.82) is 0 Å². The van der Waals surface area contributed by atoms with Crippen molar-refractivity contribution in [3.63, 3.8) is 0 Å². The molecule has 3 nitrogen and oxygen atoms in total. The largest absolute Gasteiger partial charge is 0.315 e. The summed E-state index contributed by atoms with van der Waals surface area (Å²) in [5.74, 6) is 0. The van der Waals surface area contributed by atoms with Crippen molar-refractivity contribution < 1.29 is 0 Å². The summed E-state index contributed by atoms with van der Waals surface area (Å²) in [7, 11) is 2.19. The molecule has 0 saturated carbocycles. The lowest BCUT2D eigenvalue weighted by Crippen LogP contribution is -2.32. The molecule has 84 valence electrons. The van der Waals surface area contributed by atoms with Crippen molar-refractivity contribution in [3.8, 4) is 0 Å². The zero-order valence-electron chi connectivity index (χ0n) is 9.02. The molecule has 15 heavy (non-hydrogen) atoms. The van der Waals surface area contributed by atoms with Gasteiger partial charge in [-0.2, -0.15) is 0 Å². The van der Waals surface area contributed by atoms with Crippen LogP contribution in [0.15, 0.2) is 24.5 Å². The zero-order chi connectivity index (χ0) is 9.80. The molecule has 1 atom stereocenters. The molecule has 0 unspecified atom stereocenters. The molecule has 0 amide bonds. The van der Waals surface area contributed by atoms with E-state index in [9.17, 15) is 0 Å². The van der Waals surface area contributed by atoms with Crippen LogP contribution in [0.4, 0.5) is 0 Å². The fraction of sp³-hybridized carbons (Fsp3) is 0.545. The Hall–Kier alpha value is -0.640. The highest BCUT2D eigenvalue weighted by atomic mass is 35.5. The second kappa shape index (κ2) is 6.05. The Morgan fingerprint density at radius 3 is 2.80 bits per heavy atom. The van der Waals surface area contributed by atoms with Gasteiger partial charge in [-0.05, 0) is 37.7 Å². The number of rotatable bonds is 3. The molecule has 1 N–H and O–H groups in total. The summed E-state index contributed by atoms with van der Waals surface area (Å²) in [6.45, 7) is 3.31. The van der Waals surface area contributed by atoms with E-state index in [4.69, 9.17) is 0 Å². The normalized spacial score (nSPS) is 20.3. The van der Waals surface area contributed by atoms with Gasteiger partial charge in [-0.15, -0.1) is 12.4 Å². The van der Waals surface area contributed by atoms with Crippen LogP contribution >= 0.6 is 12.4 Å². The number of likely N-dealkylation sites (N-methyl/N-ethyl adjacent to an activating group) is 1. The molecule has 0 aromatic carbocycles. The van der Waals surface area contributed by atoms with E-state index >= 15 is 0 Å². The standard InChI is InChI=1S/C11H17N3.ClH/c1-14(11-4-7-13-8-11)9-10-2-5-12-6-3-10;/h2-3,5-6,11,13H,4,7-9H2,1H3;1H/t11-;/m1./s1. The number of nitrogens with zero attached hydrogens (tertiary/aromatic N) is 2. The lowest BCUT2D eigenvalue weighted by Gasteiger charge is -2.23. The van der Waals surface area contributed by atoms with Crippen LogP contribution in [0.25, 0.3) is 0 Å². The Labute approximate surface area is 97.3 Å². The topological polar surface area (TPSA) is 28.2 Å². The first-order valence-electron chi connectivity index (χ1n) is 5.16. The van der Waals surface area contributed by atoms with Gasteiger partial charge in [-0.25, -0.2) is 0 Å². The third-order valence-corrected chi connectivity index (χ3v) is 2.84. The number of halogens is 1. The average Bonchev–Trinajstić information content (AvgIpc) is 2.72. The van der Waals surface area contributed by atoms with Crippen molar-refractivity contribution in [1.82, 2.24) is 15.2 Å². The fourth-order valence-electron chi connectivity index (χ4n) is 1.92. The van der Waals surface area contributed by atoms with E-state index in [2.05, 4.69) is 34.4 Å². The van der Waals surface area contributed by atoms with Crippen LogP contribution in [0, 0.1) is 0 Å². The minimum Gasteiger partial charge on any atom is -0.315 e. The van der Waals surface area contributed by atoms with Gasteiger partial charge < -0.3 is 5.32 Å². The second-order valence-electron chi connectivity index (χ2n) is 3.92. The first-order chi connectivity index (χ1) is 6.86. The summed E-state index contributed by atoms with van der Waals surface area (Å²) in [6.07, 6.45) is 4.98. The number of aromatic nitrogens is 1. The van der Waals surface area contributed by atoms with Gasteiger partial charge in [0, 0.05) is 31.5 Å². The maximum Gasteiger partial charge on any atom is 0.0271 e. The first kappa shape index (κ1) is 12.4. The highest BCUT2D eigenvalue weighted by Crippen LogP contribution is 2.10. The molecular weight excluding hydrogens is 210 g/mol. The highest BCUT2D eigenvalue weighted by Gasteiger charge is 2.18. The molecule has 1 aliphatic heterocycles. The van der Waals surface area contributed by atoms with Gasteiger partial charge in [0.05, 0.1) is 0 Å². The number of nitrogens with one attached hydrogen (secondary N) is 1. The molecule has 0 bridgehead atoms. The molecule has 2 rings (SSSR count). The Morgan fingerprint density at radius 1 is 1.47 bits per heavy atom. The van der Waals surface area contributed by atoms with Gasteiger partial charge in [0.2, 0.25) is 0 Å². The van der Waals surface area contributed by atoms with Crippen molar-refractivity contribution in [2.24, 2.45) is 0 Å². The SMILES string of the molecule is CN(Cc1ccncc1)[C@@H]1CCNC1.Cl. The number of pyridine rings is 1. The van der Waals surface area contributed by atoms with Crippen LogP contribution in [-0.4, -0.2) is 36.1 Å². The Bertz CT molecular complexity index is 272. The minimum atomic E-state index is 0. The van der Waals surface area contributed by atoms with E-state index in [1.54, 1.807) is 0 Å². The highest BCUT2D eigenvalue weighted by molar-refractivity contribution is 5.85. The van der Waals surface area contributed by atoms with Gasteiger partial charge in [-0.3, -0.25) is 9.88 Å². The van der Waals surface area contributed by atoms with E-state index < -0.39 is 0 Å². The minimum absolute atomic E-state index is 0. The van der Waals surface area contributed by atoms with E-state index in [1.807, 2.05) is 12.4 Å². The molecule has 1 aliphatic rings. The van der Waals surface area contributed by atoms with Gasteiger partial charge in [0.25, 0.3) is 0 Å². The van der Waals surface area contributed by atoms with Crippen LogP contribution in [0.1, 0.15) is 12.0 Å². The van der Waals surface area contributed by atoms with Crippen LogP contribution in [0.3, 0.4) is 0 Å². The van der Waals surface area contributed by atoms with Crippen LogP contribution in [0.2, 0.25) is 0 Å². The second-order valence-corrected chi connectivity index (χ2v) is 3.92. The summed E-state index contributed by atoms with van der Waals surface area (Å²) >= 11 is 0. The maximum atomic E-state index is 4.02. The van der Waals surface area contributed by atoms with Crippen LogP contribution in [0.5, 0.6) is 0 Å². The molecule has 1 fully saturated rings. The molecule has 0 aliphatic carbocycles. The third kappa shape index (κ3) is 3.45. The zero-order valence-corrected chi connectivity index (χ0v) is 9.83.